The Morgan fingerprint density at radius 2 is 2.27 bits per heavy atom. The second kappa shape index (κ2) is 3.11. The van der Waals surface area contributed by atoms with Crippen LogP contribution in [0.3, 0.4) is 0 Å². The van der Waals surface area contributed by atoms with Crippen molar-refractivity contribution in [3.63, 3.8) is 0 Å². The Labute approximate surface area is 67.9 Å². The molecular formula is C9H16O2. The molecular weight excluding hydrogens is 140 g/mol. The van der Waals surface area contributed by atoms with Crippen molar-refractivity contribution in [2.45, 2.75) is 32.3 Å². The van der Waals surface area contributed by atoms with Crippen molar-refractivity contribution in [2.75, 3.05) is 13.4 Å². The van der Waals surface area contributed by atoms with E-state index in [0.717, 1.165) is 12.5 Å². The van der Waals surface area contributed by atoms with Gasteiger partial charge in [0.1, 0.15) is 6.79 Å². The monoisotopic (exact) mass is 156 g/mol. The van der Waals surface area contributed by atoms with E-state index in [9.17, 15) is 0 Å². The van der Waals surface area contributed by atoms with Gasteiger partial charge in [-0.2, -0.15) is 0 Å². The molecule has 0 bridgehead atoms. The summed E-state index contributed by atoms with van der Waals surface area (Å²) >= 11 is 0. The Morgan fingerprint density at radius 3 is 3.09 bits per heavy atom. The van der Waals surface area contributed by atoms with E-state index < -0.39 is 0 Å². The van der Waals surface area contributed by atoms with Crippen molar-refractivity contribution in [1.82, 2.24) is 0 Å². The molecule has 11 heavy (non-hydrogen) atoms. The first-order chi connectivity index (χ1) is 5.42. The predicted molar refractivity (Wildman–Crippen MR) is 42.2 cm³/mol. The Balaban J connectivity index is 1.98. The lowest BCUT2D eigenvalue weighted by Gasteiger charge is -2.28. The molecule has 0 aromatic heterocycles. The van der Waals surface area contributed by atoms with Crippen LogP contribution in [-0.4, -0.2) is 19.5 Å². The SMILES string of the molecule is CC[C@@H]1CC[C@@H]2OCOC[C@H]12. The van der Waals surface area contributed by atoms with Crippen LogP contribution >= 0.6 is 0 Å². The van der Waals surface area contributed by atoms with Crippen LogP contribution in [0.15, 0.2) is 0 Å². The van der Waals surface area contributed by atoms with Gasteiger partial charge in [-0.15, -0.1) is 0 Å². The van der Waals surface area contributed by atoms with Crippen LogP contribution in [0.1, 0.15) is 26.2 Å². The molecule has 0 radical (unpaired) electrons. The average Bonchev–Trinajstić information content (AvgIpc) is 2.47. The summed E-state index contributed by atoms with van der Waals surface area (Å²) in [5, 5.41) is 0. The highest BCUT2D eigenvalue weighted by Gasteiger charge is 2.37. The largest absolute Gasteiger partial charge is 0.355 e. The molecule has 0 aromatic carbocycles. The average molecular weight is 156 g/mol. The van der Waals surface area contributed by atoms with E-state index in [0.29, 0.717) is 18.8 Å². The van der Waals surface area contributed by atoms with Crippen molar-refractivity contribution in [3.8, 4) is 0 Å². The highest BCUT2D eigenvalue weighted by molar-refractivity contribution is 4.85. The normalized spacial score (nSPS) is 43.9. The molecule has 1 aliphatic heterocycles. The van der Waals surface area contributed by atoms with E-state index in [2.05, 4.69) is 6.92 Å². The standard InChI is InChI=1S/C9H16O2/c1-2-7-3-4-9-8(7)5-10-6-11-9/h7-9H,2-6H2,1H3/t7-,8-,9+/m1/s1. The quantitative estimate of drug-likeness (QED) is 0.576. The highest BCUT2D eigenvalue weighted by atomic mass is 16.7. The fraction of sp³-hybridized carbons (Fsp3) is 1.00. The summed E-state index contributed by atoms with van der Waals surface area (Å²) in [4.78, 5) is 0. The van der Waals surface area contributed by atoms with Gasteiger partial charge in [-0.05, 0) is 18.8 Å². The second-order valence-electron chi connectivity index (χ2n) is 3.60. The van der Waals surface area contributed by atoms with Gasteiger partial charge in [-0.1, -0.05) is 13.3 Å². The van der Waals surface area contributed by atoms with Crippen LogP contribution in [0.25, 0.3) is 0 Å². The van der Waals surface area contributed by atoms with Gasteiger partial charge in [0.25, 0.3) is 0 Å². The lowest BCUT2D eigenvalue weighted by atomic mass is 9.93. The first kappa shape index (κ1) is 7.56. The van der Waals surface area contributed by atoms with Crippen molar-refractivity contribution in [2.24, 2.45) is 11.8 Å². The van der Waals surface area contributed by atoms with Gasteiger partial charge < -0.3 is 9.47 Å². The molecule has 1 saturated heterocycles. The summed E-state index contributed by atoms with van der Waals surface area (Å²) in [5.41, 5.74) is 0. The number of ether oxygens (including phenoxy) is 2. The Bertz CT molecular complexity index is 130. The lowest BCUT2D eigenvalue weighted by Crippen LogP contribution is -2.32. The van der Waals surface area contributed by atoms with E-state index >= 15 is 0 Å². The van der Waals surface area contributed by atoms with Crippen LogP contribution in [0.2, 0.25) is 0 Å². The van der Waals surface area contributed by atoms with Crippen molar-refractivity contribution >= 4 is 0 Å². The topological polar surface area (TPSA) is 18.5 Å². The minimum Gasteiger partial charge on any atom is -0.355 e. The third-order valence-electron chi connectivity index (χ3n) is 3.11. The summed E-state index contributed by atoms with van der Waals surface area (Å²) in [6.07, 6.45) is 4.41. The lowest BCUT2D eigenvalue weighted by molar-refractivity contribution is -0.165. The van der Waals surface area contributed by atoms with Crippen molar-refractivity contribution < 1.29 is 9.47 Å². The Kier molecular flexibility index (Phi) is 2.14. The maximum Gasteiger partial charge on any atom is 0.147 e. The van der Waals surface area contributed by atoms with Gasteiger partial charge in [0.05, 0.1) is 12.7 Å². The molecule has 0 unspecified atom stereocenters. The van der Waals surface area contributed by atoms with Crippen LogP contribution in [0, 0.1) is 11.8 Å². The van der Waals surface area contributed by atoms with E-state index in [1.54, 1.807) is 0 Å². The van der Waals surface area contributed by atoms with Crippen LogP contribution in [-0.2, 0) is 9.47 Å². The van der Waals surface area contributed by atoms with Gasteiger partial charge in [0.15, 0.2) is 0 Å². The number of fused-ring (bicyclic) bond motifs is 1. The third-order valence-corrected chi connectivity index (χ3v) is 3.11. The maximum absolute atomic E-state index is 5.51. The number of hydrogen-bond acceptors (Lipinski definition) is 2. The zero-order valence-corrected chi connectivity index (χ0v) is 7.08. The van der Waals surface area contributed by atoms with Gasteiger partial charge in [0.2, 0.25) is 0 Å². The number of hydrogen-bond donors (Lipinski definition) is 0. The van der Waals surface area contributed by atoms with Crippen LogP contribution in [0.4, 0.5) is 0 Å². The first-order valence-electron chi connectivity index (χ1n) is 4.61. The predicted octanol–water partition coefficient (Wildman–Crippen LogP) is 1.80. The van der Waals surface area contributed by atoms with E-state index in [1.165, 1.54) is 19.3 Å². The van der Waals surface area contributed by atoms with Crippen LogP contribution < -0.4 is 0 Å². The van der Waals surface area contributed by atoms with Gasteiger partial charge in [0, 0.05) is 5.92 Å². The fourth-order valence-corrected chi connectivity index (χ4v) is 2.39. The molecule has 2 heteroatoms. The summed E-state index contributed by atoms with van der Waals surface area (Å²) in [6.45, 7) is 3.72. The molecule has 2 rings (SSSR count). The van der Waals surface area contributed by atoms with E-state index in [4.69, 9.17) is 9.47 Å². The Hall–Kier alpha value is -0.0800. The molecule has 1 heterocycles. The summed E-state index contributed by atoms with van der Waals surface area (Å²) in [7, 11) is 0. The van der Waals surface area contributed by atoms with Gasteiger partial charge in [-0.3, -0.25) is 0 Å². The third kappa shape index (κ3) is 1.30. The maximum atomic E-state index is 5.51. The van der Waals surface area contributed by atoms with Gasteiger partial charge >= 0.3 is 0 Å². The zero-order valence-electron chi connectivity index (χ0n) is 7.08. The molecule has 2 fully saturated rings. The smallest absolute Gasteiger partial charge is 0.147 e. The summed E-state index contributed by atoms with van der Waals surface area (Å²) in [5.74, 6) is 1.56. The molecule has 64 valence electrons. The molecule has 2 nitrogen and oxygen atoms in total. The minimum atomic E-state index is 0.522. The first-order valence-corrected chi connectivity index (χ1v) is 4.61. The van der Waals surface area contributed by atoms with E-state index in [-0.39, 0.29) is 0 Å². The molecule has 0 spiro atoms. The van der Waals surface area contributed by atoms with Crippen LogP contribution in [0.5, 0.6) is 0 Å². The minimum absolute atomic E-state index is 0.522. The molecule has 0 amide bonds. The summed E-state index contributed by atoms with van der Waals surface area (Å²) in [6, 6.07) is 0. The summed E-state index contributed by atoms with van der Waals surface area (Å²) < 4.78 is 10.8. The molecule has 1 aliphatic carbocycles. The number of rotatable bonds is 1. The van der Waals surface area contributed by atoms with Crippen molar-refractivity contribution in [1.29, 1.82) is 0 Å². The Morgan fingerprint density at radius 1 is 1.36 bits per heavy atom. The molecule has 0 aromatic rings. The fourth-order valence-electron chi connectivity index (χ4n) is 2.39. The highest BCUT2D eigenvalue weighted by Crippen LogP contribution is 2.37. The molecule has 0 N–H and O–H groups in total. The molecule has 3 atom stereocenters. The zero-order chi connectivity index (χ0) is 7.68. The van der Waals surface area contributed by atoms with Crippen molar-refractivity contribution in [3.05, 3.63) is 0 Å². The second-order valence-corrected chi connectivity index (χ2v) is 3.60. The van der Waals surface area contributed by atoms with Gasteiger partial charge in [-0.25, -0.2) is 0 Å². The molecule has 1 saturated carbocycles. The molecule has 2 aliphatic rings. The van der Waals surface area contributed by atoms with E-state index in [1.807, 2.05) is 0 Å².